The molecular weight excluding hydrogens is 535 g/mol. The molecule has 216 valence electrons. The minimum atomic E-state index is -5.08. The number of nitrogens with zero attached hydrogens (tertiary/aromatic N) is 3. The van der Waals surface area contributed by atoms with Gasteiger partial charge < -0.3 is 20.3 Å². The summed E-state index contributed by atoms with van der Waals surface area (Å²) in [4.78, 5) is 32.8. The number of piperidine rings is 1. The number of halogens is 3. The first-order chi connectivity index (χ1) is 19.4. The Morgan fingerprint density at radius 2 is 1.73 bits per heavy atom. The summed E-state index contributed by atoms with van der Waals surface area (Å²) in [5.74, 6) is -1.38. The fraction of sp³-hybridized carbons (Fsp3) is 0.400. The van der Waals surface area contributed by atoms with E-state index in [0.29, 0.717) is 11.5 Å². The zero-order chi connectivity index (χ0) is 29.9. The summed E-state index contributed by atoms with van der Waals surface area (Å²) in [6, 6.07) is 14.4. The second-order valence-electron chi connectivity index (χ2n) is 10.5. The van der Waals surface area contributed by atoms with Gasteiger partial charge in [0.2, 0.25) is 0 Å². The van der Waals surface area contributed by atoms with Gasteiger partial charge in [-0.2, -0.15) is 18.4 Å². The predicted molar refractivity (Wildman–Crippen MR) is 146 cm³/mol. The van der Waals surface area contributed by atoms with Gasteiger partial charge >= 0.3 is 12.1 Å². The van der Waals surface area contributed by atoms with Crippen LogP contribution in [0.5, 0.6) is 0 Å². The second kappa shape index (κ2) is 12.1. The summed E-state index contributed by atoms with van der Waals surface area (Å²) in [6.07, 6.45) is -2.29. The minimum absolute atomic E-state index is 0.100. The van der Waals surface area contributed by atoms with Crippen LogP contribution in [0.4, 0.5) is 13.2 Å². The predicted octanol–water partition coefficient (Wildman–Crippen LogP) is 5.43. The van der Waals surface area contributed by atoms with E-state index in [0.717, 1.165) is 78.4 Å². The minimum Gasteiger partial charge on any atom is -0.475 e. The number of H-pyrrole nitrogens is 1. The van der Waals surface area contributed by atoms with Gasteiger partial charge in [0.05, 0.1) is 23.0 Å². The fourth-order valence-electron chi connectivity index (χ4n) is 5.36. The van der Waals surface area contributed by atoms with Crippen molar-refractivity contribution in [2.45, 2.75) is 58.2 Å². The number of likely N-dealkylation sites (tertiary alicyclic amines) is 1. The van der Waals surface area contributed by atoms with Gasteiger partial charge in [-0.25, -0.2) is 9.78 Å². The molecule has 0 spiro atoms. The van der Waals surface area contributed by atoms with Gasteiger partial charge in [-0.15, -0.1) is 0 Å². The maximum absolute atomic E-state index is 13.5. The molecule has 2 aliphatic heterocycles. The number of aromatic amines is 1. The molecule has 5 rings (SSSR count). The number of carboxylic acids is 1. The molecule has 2 aliphatic rings. The van der Waals surface area contributed by atoms with Crippen molar-refractivity contribution in [1.82, 2.24) is 20.2 Å². The summed E-state index contributed by atoms with van der Waals surface area (Å²) in [5.41, 5.74) is 8.11. The van der Waals surface area contributed by atoms with Crippen LogP contribution < -0.4 is 5.32 Å². The Hall–Kier alpha value is -4.17. The van der Waals surface area contributed by atoms with Gasteiger partial charge in [-0.1, -0.05) is 18.2 Å². The molecule has 1 fully saturated rings. The number of carbonyl (C=O) groups is 2. The van der Waals surface area contributed by atoms with Crippen LogP contribution in [0.3, 0.4) is 0 Å². The molecule has 3 N–H and O–H groups in total. The van der Waals surface area contributed by atoms with E-state index in [2.05, 4.69) is 48.4 Å². The van der Waals surface area contributed by atoms with E-state index in [1.165, 1.54) is 5.56 Å². The van der Waals surface area contributed by atoms with Crippen molar-refractivity contribution >= 4 is 11.9 Å². The number of amides is 1. The largest absolute Gasteiger partial charge is 0.490 e. The number of nitriles is 1. The number of aromatic nitrogens is 2. The number of hydrogen-bond donors (Lipinski definition) is 3. The Balaban J connectivity index is 0.000000493. The molecule has 2 aromatic carbocycles. The zero-order valence-electron chi connectivity index (χ0n) is 23.1. The van der Waals surface area contributed by atoms with Crippen LogP contribution >= 0.6 is 0 Å². The second-order valence-corrected chi connectivity index (χ2v) is 10.5. The van der Waals surface area contributed by atoms with Crippen molar-refractivity contribution in [2.24, 2.45) is 0 Å². The van der Waals surface area contributed by atoms with Gasteiger partial charge in [0.15, 0.2) is 0 Å². The van der Waals surface area contributed by atoms with E-state index in [4.69, 9.17) is 20.1 Å². The molecule has 8 nitrogen and oxygen atoms in total. The van der Waals surface area contributed by atoms with E-state index in [9.17, 15) is 18.0 Å². The Bertz CT molecular complexity index is 1470. The molecule has 11 heteroatoms. The Morgan fingerprint density at radius 1 is 1.10 bits per heavy atom. The van der Waals surface area contributed by atoms with E-state index in [1.807, 2.05) is 30.0 Å². The number of alkyl halides is 3. The van der Waals surface area contributed by atoms with Crippen LogP contribution in [-0.4, -0.2) is 57.7 Å². The van der Waals surface area contributed by atoms with E-state index >= 15 is 0 Å². The van der Waals surface area contributed by atoms with Gasteiger partial charge in [-0.05, 0) is 74.4 Å². The molecule has 41 heavy (non-hydrogen) atoms. The number of hydrogen-bond acceptors (Lipinski definition) is 5. The maximum atomic E-state index is 13.5. The lowest BCUT2D eigenvalue weighted by molar-refractivity contribution is -0.192. The lowest BCUT2D eigenvalue weighted by atomic mass is 9.88. The van der Waals surface area contributed by atoms with Gasteiger partial charge in [0.1, 0.15) is 5.82 Å². The van der Waals surface area contributed by atoms with Crippen LogP contribution in [0.25, 0.3) is 11.4 Å². The number of fused-ring (bicyclic) bond motifs is 1. The number of nitrogens with one attached hydrogen (secondary N) is 2. The SMILES string of the molecule is Cc1cc(C)c(-c2nc3c([nH]2)[C@H](C)NCC3)cc1C(=O)N1CCC(c2ccc(C#N)cc2)CC1.O=C(O)C(F)(F)F. The van der Waals surface area contributed by atoms with Gasteiger partial charge in [0.25, 0.3) is 5.91 Å². The third kappa shape index (κ3) is 6.77. The first-order valence-electron chi connectivity index (χ1n) is 13.4. The number of rotatable bonds is 3. The van der Waals surface area contributed by atoms with Crippen LogP contribution in [0.15, 0.2) is 36.4 Å². The summed E-state index contributed by atoms with van der Waals surface area (Å²) in [7, 11) is 0. The van der Waals surface area contributed by atoms with Crippen molar-refractivity contribution in [3.63, 3.8) is 0 Å². The molecule has 0 bridgehead atoms. The summed E-state index contributed by atoms with van der Waals surface area (Å²) in [5, 5.41) is 19.6. The maximum Gasteiger partial charge on any atom is 0.490 e. The average molecular weight is 568 g/mol. The molecule has 0 saturated carbocycles. The van der Waals surface area contributed by atoms with Crippen molar-refractivity contribution in [2.75, 3.05) is 19.6 Å². The highest BCUT2D eigenvalue weighted by Gasteiger charge is 2.38. The zero-order valence-corrected chi connectivity index (χ0v) is 23.1. The molecule has 3 aromatic rings. The first kappa shape index (κ1) is 29.8. The monoisotopic (exact) mass is 567 g/mol. The number of imidazole rings is 1. The molecule has 0 aliphatic carbocycles. The highest BCUT2D eigenvalue weighted by Crippen LogP contribution is 2.32. The van der Waals surface area contributed by atoms with Crippen molar-refractivity contribution in [3.05, 3.63) is 75.6 Å². The molecule has 1 saturated heterocycles. The number of aliphatic carboxylic acids is 1. The third-order valence-electron chi connectivity index (χ3n) is 7.65. The number of carboxylic acid groups (broad SMARTS) is 1. The molecule has 3 heterocycles. The molecular formula is C30H32F3N5O3. The van der Waals surface area contributed by atoms with Crippen LogP contribution in [-0.2, 0) is 11.2 Å². The summed E-state index contributed by atoms with van der Waals surface area (Å²) in [6.45, 7) is 8.68. The van der Waals surface area contributed by atoms with E-state index in [-0.39, 0.29) is 11.9 Å². The summed E-state index contributed by atoms with van der Waals surface area (Å²) >= 11 is 0. The lowest BCUT2D eigenvalue weighted by Crippen LogP contribution is -2.38. The number of benzene rings is 2. The molecule has 0 unspecified atom stereocenters. The van der Waals surface area contributed by atoms with Gasteiger partial charge in [0, 0.05) is 43.2 Å². The van der Waals surface area contributed by atoms with Crippen LogP contribution in [0, 0.1) is 25.2 Å². The normalized spacial score (nSPS) is 17.2. The molecule has 0 radical (unpaired) electrons. The standard InChI is InChI=1S/C28H31N5O.C2HF3O2/c1-17-14-18(2)24(15-23(17)27-31-25-8-11-30-19(3)26(25)32-27)28(34)33-12-9-22(10-13-33)21-6-4-20(16-29)5-7-21;3-2(4,5)1(6)7/h4-7,14-15,19,22,30H,8-13H2,1-3H3,(H,31,32);(H,6,7)/t19-;/m0./s1. The molecule has 1 atom stereocenters. The van der Waals surface area contributed by atoms with Gasteiger partial charge in [-0.3, -0.25) is 4.79 Å². The number of carbonyl (C=O) groups excluding carboxylic acids is 1. The highest BCUT2D eigenvalue weighted by molar-refractivity contribution is 5.97. The van der Waals surface area contributed by atoms with E-state index < -0.39 is 12.1 Å². The number of aryl methyl sites for hydroxylation is 2. The lowest BCUT2D eigenvalue weighted by Gasteiger charge is -2.32. The fourth-order valence-corrected chi connectivity index (χ4v) is 5.36. The van der Waals surface area contributed by atoms with Crippen LogP contribution in [0.1, 0.15) is 75.7 Å². The van der Waals surface area contributed by atoms with E-state index in [1.54, 1.807) is 0 Å². The molecule has 1 amide bonds. The Labute approximate surface area is 236 Å². The third-order valence-corrected chi connectivity index (χ3v) is 7.65. The molecule has 1 aromatic heterocycles. The van der Waals surface area contributed by atoms with Crippen LogP contribution in [0.2, 0.25) is 0 Å². The Morgan fingerprint density at radius 3 is 2.29 bits per heavy atom. The Kier molecular flexibility index (Phi) is 8.83. The smallest absolute Gasteiger partial charge is 0.475 e. The van der Waals surface area contributed by atoms with Crippen molar-refractivity contribution in [3.8, 4) is 17.5 Å². The quantitative estimate of drug-likeness (QED) is 0.388. The van der Waals surface area contributed by atoms with Crippen molar-refractivity contribution < 1.29 is 27.9 Å². The first-order valence-corrected chi connectivity index (χ1v) is 13.4. The average Bonchev–Trinajstić information content (AvgIpc) is 3.38. The van der Waals surface area contributed by atoms with Crippen molar-refractivity contribution in [1.29, 1.82) is 5.26 Å². The summed E-state index contributed by atoms with van der Waals surface area (Å²) < 4.78 is 31.7. The topological polar surface area (TPSA) is 122 Å². The highest BCUT2D eigenvalue weighted by atomic mass is 19.4.